The Hall–Kier alpha value is -0.770. The zero-order valence-corrected chi connectivity index (χ0v) is 11.3. The lowest BCUT2D eigenvalue weighted by atomic mass is 10.1. The molecular weight excluding hydrogens is 212 g/mol. The first kappa shape index (κ1) is 12.7. The Labute approximate surface area is 105 Å². The molecule has 2 fully saturated rings. The van der Waals surface area contributed by atoms with E-state index in [0.29, 0.717) is 0 Å². The van der Waals surface area contributed by atoms with Crippen LogP contribution in [0.15, 0.2) is 4.99 Å². The molecule has 1 unspecified atom stereocenters. The Morgan fingerprint density at radius 1 is 1.29 bits per heavy atom. The molecule has 0 bridgehead atoms. The molecule has 0 aromatic heterocycles. The molecule has 2 heterocycles. The first-order valence-electron chi connectivity index (χ1n) is 7.01. The Balaban J connectivity index is 1.85. The van der Waals surface area contributed by atoms with Gasteiger partial charge in [-0.25, -0.2) is 0 Å². The smallest absolute Gasteiger partial charge is 0.193 e. The van der Waals surface area contributed by atoms with E-state index in [-0.39, 0.29) is 0 Å². The van der Waals surface area contributed by atoms with E-state index in [1.165, 1.54) is 45.4 Å². The van der Waals surface area contributed by atoms with Crippen LogP contribution in [0.3, 0.4) is 0 Å². The molecule has 2 rings (SSSR count). The summed E-state index contributed by atoms with van der Waals surface area (Å²) in [5, 5.41) is 3.42. The van der Waals surface area contributed by atoms with E-state index in [1.54, 1.807) is 0 Å². The molecule has 17 heavy (non-hydrogen) atoms. The highest BCUT2D eigenvalue weighted by atomic mass is 15.3. The van der Waals surface area contributed by atoms with E-state index in [1.807, 2.05) is 0 Å². The van der Waals surface area contributed by atoms with Crippen LogP contribution in [0.1, 0.15) is 26.2 Å². The van der Waals surface area contributed by atoms with Crippen LogP contribution >= 0.6 is 0 Å². The first-order valence-corrected chi connectivity index (χ1v) is 7.01. The maximum atomic E-state index is 4.82. The fraction of sp³-hybridized carbons (Fsp3) is 0.923. The number of hydrogen-bond donors (Lipinski definition) is 1. The molecule has 4 heteroatoms. The Morgan fingerprint density at radius 3 is 2.65 bits per heavy atom. The third-order valence-corrected chi connectivity index (χ3v) is 3.73. The first-order chi connectivity index (χ1) is 8.29. The van der Waals surface area contributed by atoms with Crippen molar-refractivity contribution in [3.63, 3.8) is 0 Å². The third kappa shape index (κ3) is 3.60. The standard InChI is InChI=1S/C13H26N4/c1-3-14-13(17-7-4-5-8-17)15-10-12-6-9-16(2)11-12/h12H,3-11H2,1-2H3,(H,14,15). The number of nitrogens with one attached hydrogen (secondary N) is 1. The lowest BCUT2D eigenvalue weighted by Crippen LogP contribution is -2.40. The Kier molecular flexibility index (Phi) is 4.66. The highest BCUT2D eigenvalue weighted by Crippen LogP contribution is 2.15. The van der Waals surface area contributed by atoms with Gasteiger partial charge < -0.3 is 15.1 Å². The fourth-order valence-electron chi connectivity index (χ4n) is 2.75. The number of rotatable bonds is 3. The fourth-order valence-corrected chi connectivity index (χ4v) is 2.75. The predicted octanol–water partition coefficient (Wildman–Crippen LogP) is 0.999. The van der Waals surface area contributed by atoms with Gasteiger partial charge in [0, 0.05) is 32.7 Å². The number of aliphatic imine (C=N–C) groups is 1. The van der Waals surface area contributed by atoms with E-state index in [4.69, 9.17) is 4.99 Å². The number of guanidine groups is 1. The summed E-state index contributed by atoms with van der Waals surface area (Å²) >= 11 is 0. The van der Waals surface area contributed by atoms with Gasteiger partial charge >= 0.3 is 0 Å². The summed E-state index contributed by atoms with van der Waals surface area (Å²) in [5.74, 6) is 1.90. The van der Waals surface area contributed by atoms with Crippen LogP contribution in [0.4, 0.5) is 0 Å². The van der Waals surface area contributed by atoms with Crippen molar-refractivity contribution in [3.05, 3.63) is 0 Å². The van der Waals surface area contributed by atoms with E-state index >= 15 is 0 Å². The van der Waals surface area contributed by atoms with Gasteiger partial charge in [0.05, 0.1) is 0 Å². The van der Waals surface area contributed by atoms with Crippen LogP contribution < -0.4 is 5.32 Å². The molecule has 0 radical (unpaired) electrons. The summed E-state index contributed by atoms with van der Waals surface area (Å²) in [6.45, 7) is 8.91. The van der Waals surface area contributed by atoms with Crippen molar-refractivity contribution >= 4 is 5.96 Å². The van der Waals surface area contributed by atoms with Crippen molar-refractivity contribution in [3.8, 4) is 0 Å². The van der Waals surface area contributed by atoms with Crippen molar-refractivity contribution < 1.29 is 0 Å². The number of likely N-dealkylation sites (tertiary alicyclic amines) is 2. The lowest BCUT2D eigenvalue weighted by molar-refractivity contribution is 0.396. The quantitative estimate of drug-likeness (QED) is 0.588. The van der Waals surface area contributed by atoms with Gasteiger partial charge in [-0.1, -0.05) is 0 Å². The van der Waals surface area contributed by atoms with Crippen molar-refractivity contribution in [2.75, 3.05) is 46.3 Å². The summed E-state index contributed by atoms with van der Waals surface area (Å²) < 4.78 is 0. The average Bonchev–Trinajstić information content (AvgIpc) is 2.95. The van der Waals surface area contributed by atoms with Gasteiger partial charge in [0.15, 0.2) is 5.96 Å². The summed E-state index contributed by atoms with van der Waals surface area (Å²) in [4.78, 5) is 9.63. The van der Waals surface area contributed by atoms with E-state index in [2.05, 4.69) is 29.1 Å². The molecule has 0 aromatic rings. The summed E-state index contributed by atoms with van der Waals surface area (Å²) in [5.41, 5.74) is 0. The number of hydrogen-bond acceptors (Lipinski definition) is 2. The molecular formula is C13H26N4. The zero-order valence-electron chi connectivity index (χ0n) is 11.3. The Morgan fingerprint density at radius 2 is 2.06 bits per heavy atom. The topological polar surface area (TPSA) is 30.9 Å². The highest BCUT2D eigenvalue weighted by molar-refractivity contribution is 5.80. The SMILES string of the molecule is CCNC(=NCC1CCN(C)C1)N1CCCC1. The van der Waals surface area contributed by atoms with Crippen LogP contribution in [0, 0.1) is 5.92 Å². The minimum absolute atomic E-state index is 0.760. The zero-order chi connectivity index (χ0) is 12.1. The molecule has 2 saturated heterocycles. The molecule has 0 amide bonds. The molecule has 1 N–H and O–H groups in total. The van der Waals surface area contributed by atoms with Gasteiger partial charge in [0.1, 0.15) is 0 Å². The van der Waals surface area contributed by atoms with Crippen LogP contribution in [0.5, 0.6) is 0 Å². The predicted molar refractivity (Wildman–Crippen MR) is 72.4 cm³/mol. The summed E-state index contributed by atoms with van der Waals surface area (Å²) in [7, 11) is 2.20. The Bertz CT molecular complexity index is 258. The molecule has 0 aromatic carbocycles. The third-order valence-electron chi connectivity index (χ3n) is 3.73. The van der Waals surface area contributed by atoms with Crippen molar-refractivity contribution in [1.82, 2.24) is 15.1 Å². The molecule has 2 aliphatic heterocycles. The molecule has 0 aliphatic carbocycles. The molecule has 2 aliphatic rings. The van der Waals surface area contributed by atoms with Gasteiger partial charge in [-0.15, -0.1) is 0 Å². The van der Waals surface area contributed by atoms with E-state index in [9.17, 15) is 0 Å². The largest absolute Gasteiger partial charge is 0.357 e. The van der Waals surface area contributed by atoms with Crippen molar-refractivity contribution in [1.29, 1.82) is 0 Å². The minimum atomic E-state index is 0.760. The van der Waals surface area contributed by atoms with Crippen molar-refractivity contribution in [2.24, 2.45) is 10.9 Å². The average molecular weight is 238 g/mol. The molecule has 0 saturated carbocycles. The van der Waals surface area contributed by atoms with Gasteiger partial charge in [-0.05, 0) is 45.7 Å². The van der Waals surface area contributed by atoms with Gasteiger partial charge in [0.25, 0.3) is 0 Å². The second-order valence-electron chi connectivity index (χ2n) is 5.31. The highest BCUT2D eigenvalue weighted by Gasteiger charge is 2.20. The normalized spacial score (nSPS) is 26.8. The lowest BCUT2D eigenvalue weighted by Gasteiger charge is -2.21. The molecule has 1 atom stereocenters. The van der Waals surface area contributed by atoms with Crippen molar-refractivity contribution in [2.45, 2.75) is 26.2 Å². The van der Waals surface area contributed by atoms with E-state index < -0.39 is 0 Å². The maximum absolute atomic E-state index is 4.82. The van der Waals surface area contributed by atoms with E-state index in [0.717, 1.165) is 25.0 Å². The van der Waals surface area contributed by atoms with Gasteiger partial charge in [-0.3, -0.25) is 4.99 Å². The van der Waals surface area contributed by atoms with Crippen LogP contribution in [0.2, 0.25) is 0 Å². The second kappa shape index (κ2) is 6.24. The number of nitrogens with zero attached hydrogens (tertiary/aromatic N) is 3. The summed E-state index contributed by atoms with van der Waals surface area (Å²) in [6, 6.07) is 0. The second-order valence-corrected chi connectivity index (χ2v) is 5.31. The molecule has 0 spiro atoms. The maximum Gasteiger partial charge on any atom is 0.193 e. The van der Waals surface area contributed by atoms with Crippen LogP contribution in [0.25, 0.3) is 0 Å². The van der Waals surface area contributed by atoms with Crippen LogP contribution in [-0.2, 0) is 0 Å². The monoisotopic (exact) mass is 238 g/mol. The van der Waals surface area contributed by atoms with Gasteiger partial charge in [0.2, 0.25) is 0 Å². The molecule has 98 valence electrons. The minimum Gasteiger partial charge on any atom is -0.357 e. The molecule has 4 nitrogen and oxygen atoms in total. The van der Waals surface area contributed by atoms with Crippen LogP contribution in [-0.4, -0.2) is 62.1 Å². The van der Waals surface area contributed by atoms with Gasteiger partial charge in [-0.2, -0.15) is 0 Å². The summed E-state index contributed by atoms with van der Waals surface area (Å²) in [6.07, 6.45) is 3.94.